The van der Waals surface area contributed by atoms with Gasteiger partial charge in [-0.25, -0.2) is 35.6 Å². The van der Waals surface area contributed by atoms with Crippen molar-refractivity contribution in [1.29, 1.82) is 0 Å². The molecule has 2 aliphatic rings. The highest BCUT2D eigenvalue weighted by molar-refractivity contribution is 7.91. The van der Waals surface area contributed by atoms with Crippen molar-refractivity contribution in [3.05, 3.63) is 65.9 Å². The Hall–Kier alpha value is -3.88. The number of sulfone groups is 1. The second kappa shape index (κ2) is 12.6. The molecule has 2 aliphatic heterocycles. The van der Waals surface area contributed by atoms with Gasteiger partial charge >= 0.3 is 6.09 Å². The smallest absolute Gasteiger partial charge is 0.410 e. The maximum Gasteiger partial charge on any atom is 0.410 e. The minimum atomic E-state index is -4.09. The van der Waals surface area contributed by atoms with E-state index in [1.54, 1.807) is 35.2 Å². The summed E-state index contributed by atoms with van der Waals surface area (Å²) in [6, 6.07) is 13.4. The van der Waals surface area contributed by atoms with Crippen LogP contribution >= 0.6 is 11.6 Å². The van der Waals surface area contributed by atoms with E-state index in [9.17, 15) is 21.6 Å². The average Bonchev–Trinajstić information content (AvgIpc) is 3.43. The molecule has 0 radical (unpaired) electrons. The molecule has 0 saturated carbocycles. The maximum absolute atomic E-state index is 14.1. The molecule has 0 bridgehead atoms. The van der Waals surface area contributed by atoms with Crippen LogP contribution in [-0.4, -0.2) is 91.1 Å². The van der Waals surface area contributed by atoms with Crippen LogP contribution in [0, 0.1) is 0 Å². The monoisotopic (exact) mass is 700 g/mol. The molecule has 2 saturated heterocycles. The van der Waals surface area contributed by atoms with Crippen LogP contribution in [0.3, 0.4) is 0 Å². The van der Waals surface area contributed by atoms with E-state index in [1.807, 2.05) is 31.7 Å². The second-order valence-corrected chi connectivity index (χ2v) is 17.3. The van der Waals surface area contributed by atoms with Crippen LogP contribution in [0.25, 0.3) is 22.2 Å². The van der Waals surface area contributed by atoms with Crippen LogP contribution in [0.1, 0.15) is 33.6 Å². The molecular weight excluding hydrogens is 664 g/mol. The lowest BCUT2D eigenvalue weighted by Gasteiger charge is -2.34. The molecule has 12 nitrogen and oxygen atoms in total. The Labute approximate surface area is 279 Å². The molecule has 1 amide bonds. The predicted molar refractivity (Wildman–Crippen MR) is 182 cm³/mol. The van der Waals surface area contributed by atoms with Gasteiger partial charge in [0.15, 0.2) is 9.84 Å². The third-order valence-electron chi connectivity index (χ3n) is 8.16. The van der Waals surface area contributed by atoms with Crippen LogP contribution < -0.4 is 10.2 Å². The molecule has 250 valence electrons. The number of amides is 1. The topological polar surface area (TPSA) is 144 Å². The number of nitrogens with zero attached hydrogens (tertiary/aromatic N) is 5. The van der Waals surface area contributed by atoms with Gasteiger partial charge in [0.25, 0.3) is 10.0 Å². The molecule has 0 aliphatic carbocycles. The molecule has 2 aromatic carbocycles. The Kier molecular flexibility index (Phi) is 8.87. The molecule has 1 N–H and O–H groups in total. The van der Waals surface area contributed by atoms with Gasteiger partial charge in [0.05, 0.1) is 44.5 Å². The van der Waals surface area contributed by atoms with E-state index in [1.165, 1.54) is 28.5 Å². The van der Waals surface area contributed by atoms with Gasteiger partial charge in [0.2, 0.25) is 5.95 Å². The summed E-state index contributed by atoms with van der Waals surface area (Å²) in [5.41, 5.74) is 1.19. The number of benzene rings is 2. The average molecular weight is 701 g/mol. The van der Waals surface area contributed by atoms with Crippen molar-refractivity contribution < 1.29 is 26.4 Å². The van der Waals surface area contributed by atoms with E-state index in [0.717, 1.165) is 12.8 Å². The fourth-order valence-electron chi connectivity index (χ4n) is 5.92. The molecule has 0 unspecified atom stereocenters. The lowest BCUT2D eigenvalue weighted by atomic mass is 10.1. The summed E-state index contributed by atoms with van der Waals surface area (Å²) in [5, 5.41) is 4.13. The Bertz CT molecular complexity index is 2020. The van der Waals surface area contributed by atoms with Crippen molar-refractivity contribution in [3.8, 4) is 11.3 Å². The fourth-order valence-corrected chi connectivity index (χ4v) is 8.72. The largest absolute Gasteiger partial charge is 0.444 e. The summed E-state index contributed by atoms with van der Waals surface area (Å²) >= 11 is 6.70. The number of carbonyl (C=O) groups is 1. The van der Waals surface area contributed by atoms with E-state index in [2.05, 4.69) is 10.3 Å². The highest BCUT2D eigenvalue weighted by atomic mass is 35.5. The van der Waals surface area contributed by atoms with Gasteiger partial charge in [-0.2, -0.15) is 0 Å². The molecule has 1 atom stereocenters. The van der Waals surface area contributed by atoms with Gasteiger partial charge < -0.3 is 19.9 Å². The zero-order chi connectivity index (χ0) is 33.6. The van der Waals surface area contributed by atoms with Crippen molar-refractivity contribution in [2.75, 3.05) is 47.9 Å². The summed E-state index contributed by atoms with van der Waals surface area (Å²) in [5.74, 6) is 0.230. The Morgan fingerprint density at radius 3 is 2.47 bits per heavy atom. The standard InChI is InChI=1S/C32H37ClN6O6S2/c1-32(2,3)45-31(40)38-14-8-9-22(20-38)35-30-34-19-26(33)28(36-30)25-21-39(47(43,44)23-10-5-4-6-11-23)29-24(25)12-7-13-27(29)37-15-17-46(41,42)18-16-37/h4-7,10-13,19,21-22H,8-9,14-18,20H2,1-3H3,(H,34,35,36)/t22-/m0/s1. The number of carbonyl (C=O) groups excluding carboxylic acids is 1. The van der Waals surface area contributed by atoms with Crippen LogP contribution in [-0.2, 0) is 24.6 Å². The molecule has 2 aromatic heterocycles. The number of piperidine rings is 1. The highest BCUT2D eigenvalue weighted by Gasteiger charge is 2.31. The number of fused-ring (bicyclic) bond motifs is 1. The van der Waals surface area contributed by atoms with Crippen molar-refractivity contribution >= 4 is 60.1 Å². The minimum absolute atomic E-state index is 0.0261. The van der Waals surface area contributed by atoms with E-state index < -0.39 is 25.5 Å². The molecule has 2 fully saturated rings. The van der Waals surface area contributed by atoms with Crippen LogP contribution in [0.4, 0.5) is 16.4 Å². The normalized spacial score (nSPS) is 18.7. The quantitative estimate of drug-likeness (QED) is 0.291. The van der Waals surface area contributed by atoms with E-state index in [0.29, 0.717) is 40.9 Å². The summed E-state index contributed by atoms with van der Waals surface area (Å²) in [4.78, 5) is 25.5. The number of hydrogen-bond donors (Lipinski definition) is 1. The van der Waals surface area contributed by atoms with Crippen molar-refractivity contribution in [2.24, 2.45) is 0 Å². The molecule has 4 aromatic rings. The van der Waals surface area contributed by atoms with Crippen molar-refractivity contribution in [1.82, 2.24) is 18.8 Å². The van der Waals surface area contributed by atoms with Gasteiger partial charge in [0, 0.05) is 49.4 Å². The van der Waals surface area contributed by atoms with Crippen molar-refractivity contribution in [3.63, 3.8) is 0 Å². The Balaban J connectivity index is 1.40. The number of hydrogen-bond acceptors (Lipinski definition) is 10. The first-order chi connectivity index (χ1) is 22.2. The first-order valence-electron chi connectivity index (χ1n) is 15.4. The lowest BCUT2D eigenvalue weighted by Crippen LogP contribution is -2.47. The van der Waals surface area contributed by atoms with Crippen LogP contribution in [0.2, 0.25) is 5.02 Å². The van der Waals surface area contributed by atoms with E-state index in [-0.39, 0.29) is 52.6 Å². The Morgan fingerprint density at radius 2 is 1.77 bits per heavy atom. The van der Waals surface area contributed by atoms with Gasteiger partial charge in [-0.3, -0.25) is 0 Å². The number of rotatable bonds is 6. The number of ether oxygens (including phenoxy) is 1. The predicted octanol–water partition coefficient (Wildman–Crippen LogP) is 5.03. The third kappa shape index (κ3) is 7.04. The van der Waals surface area contributed by atoms with E-state index in [4.69, 9.17) is 21.3 Å². The first-order valence-corrected chi connectivity index (χ1v) is 19.0. The maximum atomic E-state index is 14.1. The minimum Gasteiger partial charge on any atom is -0.444 e. The second-order valence-electron chi connectivity index (χ2n) is 12.8. The highest BCUT2D eigenvalue weighted by Crippen LogP contribution is 2.40. The summed E-state index contributed by atoms with van der Waals surface area (Å²) in [6.45, 7) is 6.94. The van der Waals surface area contributed by atoms with Gasteiger partial charge in [-0.15, -0.1) is 0 Å². The number of aromatic nitrogens is 3. The first kappa shape index (κ1) is 33.0. The summed E-state index contributed by atoms with van der Waals surface area (Å²) < 4.78 is 59.5. The zero-order valence-electron chi connectivity index (χ0n) is 26.4. The number of likely N-dealkylation sites (tertiary alicyclic amines) is 1. The molecule has 0 spiro atoms. The van der Waals surface area contributed by atoms with Crippen LogP contribution in [0.15, 0.2) is 65.8 Å². The summed E-state index contributed by atoms with van der Waals surface area (Å²) in [7, 11) is -7.26. The molecule has 47 heavy (non-hydrogen) atoms. The van der Waals surface area contributed by atoms with Gasteiger partial charge in [0.1, 0.15) is 5.60 Å². The number of halogens is 1. The fraction of sp³-hybridized carbons (Fsp3) is 0.406. The SMILES string of the molecule is CC(C)(C)OC(=O)N1CCC[C@H](Nc2ncc(Cl)c(-c3cn(S(=O)(=O)c4ccccc4)c4c(N5CCS(=O)(=O)CC5)cccc34)n2)C1. The third-order valence-corrected chi connectivity index (χ3v) is 11.7. The molecule has 15 heteroatoms. The van der Waals surface area contributed by atoms with Gasteiger partial charge in [-0.05, 0) is 51.8 Å². The van der Waals surface area contributed by atoms with Crippen LogP contribution in [0.5, 0.6) is 0 Å². The number of nitrogens with one attached hydrogen (secondary N) is 1. The molecule has 4 heterocycles. The number of anilines is 2. The lowest BCUT2D eigenvalue weighted by molar-refractivity contribution is 0.0206. The van der Waals surface area contributed by atoms with Gasteiger partial charge in [-0.1, -0.05) is 41.9 Å². The Morgan fingerprint density at radius 1 is 1.04 bits per heavy atom. The zero-order valence-corrected chi connectivity index (χ0v) is 28.8. The van der Waals surface area contributed by atoms with E-state index >= 15 is 0 Å². The number of para-hydroxylation sites is 1. The summed E-state index contributed by atoms with van der Waals surface area (Å²) in [6.07, 6.45) is 4.15. The molecule has 6 rings (SSSR count). The van der Waals surface area contributed by atoms with Crippen molar-refractivity contribution in [2.45, 2.75) is 50.2 Å². The molecular formula is C32H37ClN6O6S2.